The number of thiophene rings is 1. The van der Waals surface area contributed by atoms with Gasteiger partial charge in [-0.15, -0.1) is 11.3 Å². The molecule has 0 spiro atoms. The van der Waals surface area contributed by atoms with E-state index < -0.39 is 11.8 Å². The molecule has 33 heavy (non-hydrogen) atoms. The van der Waals surface area contributed by atoms with Crippen molar-refractivity contribution in [1.29, 1.82) is 0 Å². The van der Waals surface area contributed by atoms with Crippen LogP contribution >= 0.6 is 11.3 Å². The van der Waals surface area contributed by atoms with Gasteiger partial charge in [0.25, 0.3) is 11.8 Å². The lowest BCUT2D eigenvalue weighted by Crippen LogP contribution is -2.37. The van der Waals surface area contributed by atoms with Crippen LogP contribution in [0.25, 0.3) is 10.1 Å². The second kappa shape index (κ2) is 11.4. The topological polar surface area (TPSA) is 100 Å². The number of likely N-dealkylation sites (N-methyl/N-ethyl adjacent to an activating group) is 1. The third kappa shape index (κ3) is 5.85. The van der Waals surface area contributed by atoms with Crippen molar-refractivity contribution in [2.75, 3.05) is 33.4 Å². The molecule has 1 aromatic heterocycles. The first-order chi connectivity index (χ1) is 16.0. The largest absolute Gasteiger partial charge is 0.493 e. The van der Waals surface area contributed by atoms with Gasteiger partial charge in [-0.05, 0) is 31.2 Å². The number of aliphatic hydroxyl groups excluding tert-OH is 1. The molecule has 0 saturated heterocycles. The van der Waals surface area contributed by atoms with Gasteiger partial charge in [-0.3, -0.25) is 9.59 Å². The maximum atomic E-state index is 13.9. The molecule has 3 aromatic rings. The number of fused-ring (bicyclic) bond motifs is 1. The zero-order chi connectivity index (χ0) is 23.8. The highest BCUT2D eigenvalue weighted by Crippen LogP contribution is 2.28. The van der Waals surface area contributed by atoms with Crippen molar-refractivity contribution < 1.29 is 28.6 Å². The van der Waals surface area contributed by atoms with Crippen LogP contribution in [0.4, 0.5) is 4.39 Å². The number of nitrogens with zero attached hydrogens (tertiary/aromatic N) is 2. The molecule has 0 fully saturated rings. The van der Waals surface area contributed by atoms with Crippen LogP contribution in [0, 0.1) is 5.82 Å². The Balaban J connectivity index is 1.63. The Morgan fingerprint density at radius 1 is 1.27 bits per heavy atom. The van der Waals surface area contributed by atoms with E-state index in [0.717, 1.165) is 5.39 Å². The van der Waals surface area contributed by atoms with E-state index in [1.165, 1.54) is 47.9 Å². The fourth-order valence-corrected chi connectivity index (χ4v) is 3.96. The molecular weight excluding hydrogens is 449 g/mol. The fraction of sp³-hybridized carbons (Fsp3) is 0.261. The number of hydrogen-bond donors (Lipinski definition) is 2. The number of halogens is 1. The minimum absolute atomic E-state index is 0.0971. The highest BCUT2D eigenvalue weighted by atomic mass is 32.1. The minimum atomic E-state index is -0.463. The first-order valence-electron chi connectivity index (χ1n) is 10.2. The van der Waals surface area contributed by atoms with Gasteiger partial charge in [0, 0.05) is 28.4 Å². The molecule has 2 N–H and O–H groups in total. The van der Waals surface area contributed by atoms with Gasteiger partial charge in [-0.25, -0.2) is 9.40 Å². The predicted octanol–water partition coefficient (Wildman–Crippen LogP) is 3.03. The number of aliphatic hydroxyl groups is 1. The quantitative estimate of drug-likeness (QED) is 0.348. The molecule has 3 rings (SSSR count). The fourth-order valence-electron chi connectivity index (χ4n) is 3.03. The third-order valence-electron chi connectivity index (χ3n) is 4.68. The minimum Gasteiger partial charge on any atom is -0.493 e. The summed E-state index contributed by atoms with van der Waals surface area (Å²) >= 11 is 1.27. The van der Waals surface area contributed by atoms with Crippen LogP contribution in [0.3, 0.4) is 0 Å². The van der Waals surface area contributed by atoms with Crippen LogP contribution in [0.15, 0.2) is 46.9 Å². The van der Waals surface area contributed by atoms with Crippen LogP contribution in [0.1, 0.15) is 22.8 Å². The number of benzene rings is 2. The van der Waals surface area contributed by atoms with E-state index in [0.29, 0.717) is 28.3 Å². The zero-order valence-electron chi connectivity index (χ0n) is 18.2. The molecule has 0 aliphatic carbocycles. The highest BCUT2D eigenvalue weighted by Gasteiger charge is 2.15. The highest BCUT2D eigenvalue weighted by molar-refractivity contribution is 7.17. The molecule has 10 heteroatoms. The number of methoxy groups -OCH3 is 1. The Morgan fingerprint density at radius 3 is 2.82 bits per heavy atom. The van der Waals surface area contributed by atoms with Gasteiger partial charge >= 0.3 is 0 Å². The lowest BCUT2D eigenvalue weighted by atomic mass is 10.2. The standard InChI is InChI=1S/C23H24FN3O5S/c1-3-27(26-12-16-14-33-22-17(16)5-4-6-18(22)24)21(29)13-25-23(30)15-7-8-19(32-10-9-28)20(11-15)31-2/h4-8,11-12,14,28H,3,9-10,13H2,1-2H3,(H,25,30)/b26-12+. The molecule has 0 aliphatic heterocycles. The molecule has 2 aromatic carbocycles. The Kier molecular flexibility index (Phi) is 8.34. The van der Waals surface area contributed by atoms with Gasteiger partial charge < -0.3 is 19.9 Å². The van der Waals surface area contributed by atoms with Crippen molar-refractivity contribution in [3.05, 3.63) is 58.7 Å². The number of amides is 2. The van der Waals surface area contributed by atoms with Crippen molar-refractivity contribution in [2.45, 2.75) is 6.92 Å². The van der Waals surface area contributed by atoms with E-state index in [4.69, 9.17) is 14.6 Å². The van der Waals surface area contributed by atoms with Crippen molar-refractivity contribution in [1.82, 2.24) is 10.3 Å². The van der Waals surface area contributed by atoms with Crippen molar-refractivity contribution in [3.8, 4) is 11.5 Å². The van der Waals surface area contributed by atoms with Crippen molar-refractivity contribution in [2.24, 2.45) is 5.10 Å². The van der Waals surface area contributed by atoms with E-state index in [9.17, 15) is 14.0 Å². The van der Waals surface area contributed by atoms with Gasteiger partial charge in [0.15, 0.2) is 11.5 Å². The van der Waals surface area contributed by atoms with Crippen molar-refractivity contribution >= 4 is 39.5 Å². The summed E-state index contributed by atoms with van der Waals surface area (Å²) in [6.07, 6.45) is 1.51. The summed E-state index contributed by atoms with van der Waals surface area (Å²) in [5.74, 6) is -0.432. The van der Waals surface area contributed by atoms with Gasteiger partial charge in [-0.2, -0.15) is 5.10 Å². The van der Waals surface area contributed by atoms with E-state index in [1.807, 2.05) is 0 Å². The van der Waals surface area contributed by atoms with Crippen LogP contribution in [0.5, 0.6) is 11.5 Å². The van der Waals surface area contributed by atoms with E-state index in [1.54, 1.807) is 30.5 Å². The first kappa shape index (κ1) is 24.1. The Hall–Kier alpha value is -3.50. The van der Waals surface area contributed by atoms with Crippen LogP contribution < -0.4 is 14.8 Å². The summed E-state index contributed by atoms with van der Waals surface area (Å²) in [6.45, 7) is 1.75. The summed E-state index contributed by atoms with van der Waals surface area (Å²) in [5.41, 5.74) is 0.995. The lowest BCUT2D eigenvalue weighted by Gasteiger charge is -2.15. The van der Waals surface area contributed by atoms with Crippen LogP contribution in [-0.4, -0.2) is 61.6 Å². The van der Waals surface area contributed by atoms with E-state index in [2.05, 4.69) is 10.4 Å². The van der Waals surface area contributed by atoms with Gasteiger partial charge in [0.2, 0.25) is 0 Å². The average Bonchev–Trinajstić information content (AvgIpc) is 3.25. The number of nitrogens with one attached hydrogen (secondary N) is 1. The Morgan fingerprint density at radius 2 is 2.09 bits per heavy atom. The summed E-state index contributed by atoms with van der Waals surface area (Å²) in [4.78, 5) is 25.0. The molecule has 8 nitrogen and oxygen atoms in total. The molecule has 174 valence electrons. The molecule has 0 radical (unpaired) electrons. The normalized spacial score (nSPS) is 11.0. The van der Waals surface area contributed by atoms with Gasteiger partial charge in [-0.1, -0.05) is 12.1 Å². The number of carbonyl (C=O) groups is 2. The summed E-state index contributed by atoms with van der Waals surface area (Å²) in [5, 5.41) is 19.4. The van der Waals surface area contributed by atoms with Gasteiger partial charge in [0.05, 0.1) is 31.2 Å². The molecule has 0 saturated carbocycles. The second-order valence-corrected chi connectivity index (χ2v) is 7.66. The predicted molar refractivity (Wildman–Crippen MR) is 125 cm³/mol. The number of carbonyl (C=O) groups excluding carboxylic acids is 2. The molecule has 1 heterocycles. The third-order valence-corrected chi connectivity index (χ3v) is 5.70. The van der Waals surface area contributed by atoms with Crippen LogP contribution in [0.2, 0.25) is 0 Å². The zero-order valence-corrected chi connectivity index (χ0v) is 19.0. The van der Waals surface area contributed by atoms with E-state index >= 15 is 0 Å². The summed E-state index contributed by atoms with van der Waals surface area (Å²) in [7, 11) is 1.44. The summed E-state index contributed by atoms with van der Waals surface area (Å²) in [6, 6.07) is 9.40. The smallest absolute Gasteiger partial charge is 0.262 e. The molecule has 2 amide bonds. The second-order valence-electron chi connectivity index (χ2n) is 6.78. The number of hydrazone groups is 1. The average molecular weight is 474 g/mol. The Bertz CT molecular complexity index is 1160. The molecular formula is C23H24FN3O5S. The number of rotatable bonds is 10. The first-order valence-corrected chi connectivity index (χ1v) is 11.1. The maximum absolute atomic E-state index is 13.9. The number of hydrogen-bond acceptors (Lipinski definition) is 7. The Labute approximate surface area is 194 Å². The lowest BCUT2D eigenvalue weighted by molar-refractivity contribution is -0.129. The number of ether oxygens (including phenoxy) is 2. The summed E-state index contributed by atoms with van der Waals surface area (Å²) < 4.78 is 25.0. The van der Waals surface area contributed by atoms with Crippen LogP contribution in [-0.2, 0) is 4.79 Å². The van der Waals surface area contributed by atoms with E-state index in [-0.39, 0.29) is 31.1 Å². The molecule has 0 atom stereocenters. The molecule has 0 aliphatic rings. The van der Waals surface area contributed by atoms with Gasteiger partial charge in [0.1, 0.15) is 12.4 Å². The maximum Gasteiger partial charge on any atom is 0.262 e. The molecule has 0 bridgehead atoms. The molecule has 0 unspecified atom stereocenters. The SMILES string of the molecule is CCN(/N=C/c1csc2c(F)cccc12)C(=O)CNC(=O)c1ccc(OCCO)c(OC)c1. The van der Waals surface area contributed by atoms with Crippen molar-refractivity contribution in [3.63, 3.8) is 0 Å². The monoisotopic (exact) mass is 473 g/mol.